The molecule has 0 fully saturated rings. The Bertz CT molecular complexity index is 1360. The van der Waals surface area contributed by atoms with Gasteiger partial charge < -0.3 is 15.0 Å². The Hall–Kier alpha value is -3.65. The lowest BCUT2D eigenvalue weighted by Gasteiger charge is -2.12. The first-order valence-corrected chi connectivity index (χ1v) is 11.7. The van der Waals surface area contributed by atoms with Gasteiger partial charge in [0.25, 0.3) is 5.91 Å². The zero-order valence-electron chi connectivity index (χ0n) is 17.7. The highest BCUT2D eigenvalue weighted by molar-refractivity contribution is 7.90. The van der Waals surface area contributed by atoms with Crippen LogP contribution in [0.3, 0.4) is 0 Å². The van der Waals surface area contributed by atoms with Crippen molar-refractivity contribution in [2.45, 2.75) is 23.6 Å². The van der Waals surface area contributed by atoms with Crippen LogP contribution >= 0.6 is 0 Å². The largest absolute Gasteiger partial charge is 0.497 e. The molecule has 1 atom stereocenters. The fourth-order valence-electron chi connectivity index (χ4n) is 3.42. The van der Waals surface area contributed by atoms with Crippen molar-refractivity contribution < 1.29 is 17.9 Å². The number of aromatic nitrogens is 2. The molecule has 0 bridgehead atoms. The molecule has 0 saturated carbocycles. The minimum absolute atomic E-state index is 0.181. The van der Waals surface area contributed by atoms with E-state index in [1.54, 1.807) is 61.7 Å². The molecule has 7 nitrogen and oxygen atoms in total. The van der Waals surface area contributed by atoms with E-state index in [4.69, 9.17) is 4.74 Å². The first-order chi connectivity index (χ1) is 15.4. The summed E-state index contributed by atoms with van der Waals surface area (Å²) >= 11 is 0. The molecule has 0 aliphatic heterocycles. The number of nitrogens with one attached hydrogen (secondary N) is 2. The number of hydrogen-bond acceptors (Lipinski definition) is 5. The van der Waals surface area contributed by atoms with Crippen molar-refractivity contribution in [1.82, 2.24) is 15.3 Å². The van der Waals surface area contributed by atoms with Gasteiger partial charge >= 0.3 is 0 Å². The first kappa shape index (κ1) is 21.6. The van der Waals surface area contributed by atoms with Crippen molar-refractivity contribution in [3.8, 4) is 5.75 Å². The molecule has 4 aromatic rings. The van der Waals surface area contributed by atoms with Crippen molar-refractivity contribution in [2.24, 2.45) is 0 Å². The molecular formula is C24H23N3O4S. The predicted octanol–water partition coefficient (Wildman–Crippen LogP) is 4.04. The fourth-order valence-corrected chi connectivity index (χ4v) is 4.78. The van der Waals surface area contributed by atoms with Crippen LogP contribution in [-0.4, -0.2) is 31.4 Å². The second-order valence-corrected chi connectivity index (χ2v) is 9.46. The number of fused-ring (bicyclic) bond motifs is 1. The van der Waals surface area contributed by atoms with Gasteiger partial charge in [0.05, 0.1) is 34.8 Å². The van der Waals surface area contributed by atoms with E-state index in [0.717, 1.165) is 11.0 Å². The van der Waals surface area contributed by atoms with Gasteiger partial charge in [0.1, 0.15) is 11.6 Å². The zero-order valence-corrected chi connectivity index (χ0v) is 18.5. The van der Waals surface area contributed by atoms with Gasteiger partial charge in [-0.3, -0.25) is 4.79 Å². The number of amides is 1. The van der Waals surface area contributed by atoms with Crippen molar-refractivity contribution in [1.29, 1.82) is 0 Å². The maximum Gasteiger partial charge on any atom is 0.251 e. The van der Waals surface area contributed by atoms with Crippen LogP contribution in [0.4, 0.5) is 0 Å². The summed E-state index contributed by atoms with van der Waals surface area (Å²) in [4.78, 5) is 20.8. The normalized spacial score (nSPS) is 12.4. The molecule has 0 aliphatic carbocycles. The number of imidazole rings is 1. The van der Waals surface area contributed by atoms with Crippen LogP contribution in [0.25, 0.3) is 11.0 Å². The number of carbonyl (C=O) groups excluding carboxylic acids is 1. The van der Waals surface area contributed by atoms with Crippen molar-refractivity contribution in [3.63, 3.8) is 0 Å². The van der Waals surface area contributed by atoms with E-state index < -0.39 is 9.84 Å². The highest BCUT2D eigenvalue weighted by atomic mass is 32.2. The summed E-state index contributed by atoms with van der Waals surface area (Å²) < 4.78 is 30.5. The maximum absolute atomic E-state index is 12.8. The van der Waals surface area contributed by atoms with Crippen LogP contribution in [-0.2, 0) is 15.6 Å². The summed E-state index contributed by atoms with van der Waals surface area (Å²) in [5.41, 5.74) is 2.52. The van der Waals surface area contributed by atoms with Crippen molar-refractivity contribution >= 4 is 26.8 Å². The third-order valence-electron chi connectivity index (χ3n) is 5.11. The fraction of sp³-hybridized carbons (Fsp3) is 0.167. The molecule has 4 rings (SSSR count). The Kier molecular flexibility index (Phi) is 5.96. The molecule has 32 heavy (non-hydrogen) atoms. The average Bonchev–Trinajstić information content (AvgIpc) is 3.23. The number of ether oxygens (including phenoxy) is 1. The minimum atomic E-state index is -3.50. The summed E-state index contributed by atoms with van der Waals surface area (Å²) in [6.07, 6.45) is 0. The van der Waals surface area contributed by atoms with E-state index in [1.807, 2.05) is 25.1 Å². The lowest BCUT2D eigenvalue weighted by atomic mass is 10.1. The molecule has 1 unspecified atom stereocenters. The second kappa shape index (κ2) is 8.84. The van der Waals surface area contributed by atoms with E-state index in [0.29, 0.717) is 22.7 Å². The highest BCUT2D eigenvalue weighted by Gasteiger charge is 2.18. The monoisotopic (exact) mass is 449 g/mol. The molecule has 1 aromatic heterocycles. The van der Waals surface area contributed by atoms with Gasteiger partial charge in [-0.1, -0.05) is 30.3 Å². The predicted molar refractivity (Wildman–Crippen MR) is 122 cm³/mol. The van der Waals surface area contributed by atoms with Crippen LogP contribution < -0.4 is 10.1 Å². The molecule has 0 radical (unpaired) electrons. The van der Waals surface area contributed by atoms with E-state index in [-0.39, 0.29) is 22.6 Å². The van der Waals surface area contributed by atoms with Gasteiger partial charge in [-0.15, -0.1) is 0 Å². The van der Waals surface area contributed by atoms with Crippen LogP contribution in [0, 0.1) is 0 Å². The number of methoxy groups -OCH3 is 1. The molecule has 8 heteroatoms. The number of benzene rings is 3. The lowest BCUT2D eigenvalue weighted by molar-refractivity contribution is 0.0938. The lowest BCUT2D eigenvalue weighted by Crippen LogP contribution is -2.27. The molecule has 164 valence electrons. The Balaban J connectivity index is 1.49. The summed E-state index contributed by atoms with van der Waals surface area (Å²) in [7, 11) is -1.90. The smallest absolute Gasteiger partial charge is 0.251 e. The number of aromatic amines is 1. The van der Waals surface area contributed by atoms with Gasteiger partial charge in [0.2, 0.25) is 0 Å². The van der Waals surface area contributed by atoms with E-state index in [1.165, 1.54) is 0 Å². The van der Waals surface area contributed by atoms with Gasteiger partial charge in [0, 0.05) is 11.6 Å². The molecule has 3 aromatic carbocycles. The van der Waals surface area contributed by atoms with Crippen LogP contribution in [0.15, 0.2) is 77.7 Å². The molecule has 2 N–H and O–H groups in total. The Morgan fingerprint density at radius 2 is 1.84 bits per heavy atom. The van der Waals surface area contributed by atoms with Gasteiger partial charge in [-0.25, -0.2) is 13.4 Å². The third kappa shape index (κ3) is 4.65. The standard InChI is InChI=1S/C24H23N3O4S/c1-16(23-26-21-12-11-19(31-2)14-22(21)27-23)25-24(28)18-8-6-7-17(13-18)15-32(29,30)20-9-4-3-5-10-20/h3-14,16H,15H2,1-2H3,(H,25,28)(H,26,27). The topological polar surface area (TPSA) is 101 Å². The third-order valence-corrected chi connectivity index (χ3v) is 6.82. The quantitative estimate of drug-likeness (QED) is 0.444. The van der Waals surface area contributed by atoms with E-state index in [9.17, 15) is 13.2 Å². The number of nitrogens with zero attached hydrogens (tertiary/aromatic N) is 1. The summed E-state index contributed by atoms with van der Waals surface area (Å²) in [6, 6.07) is 20.1. The highest BCUT2D eigenvalue weighted by Crippen LogP contribution is 2.22. The molecule has 0 aliphatic rings. The molecule has 1 heterocycles. The molecular weight excluding hydrogens is 426 g/mol. The van der Waals surface area contributed by atoms with Crippen LogP contribution in [0.1, 0.15) is 34.7 Å². The van der Waals surface area contributed by atoms with Crippen molar-refractivity contribution in [3.05, 3.63) is 89.7 Å². The summed E-state index contributed by atoms with van der Waals surface area (Å²) in [5.74, 6) is 0.838. The van der Waals surface area contributed by atoms with E-state index >= 15 is 0 Å². The Labute approximate surface area is 186 Å². The number of hydrogen-bond donors (Lipinski definition) is 2. The number of H-pyrrole nitrogens is 1. The van der Waals surface area contributed by atoms with E-state index in [2.05, 4.69) is 15.3 Å². The number of carbonyl (C=O) groups is 1. The number of rotatable bonds is 7. The molecule has 0 spiro atoms. The molecule has 1 amide bonds. The Morgan fingerprint density at radius 1 is 1.06 bits per heavy atom. The molecule has 0 saturated heterocycles. The maximum atomic E-state index is 12.8. The summed E-state index contributed by atoms with van der Waals surface area (Å²) in [6.45, 7) is 1.83. The summed E-state index contributed by atoms with van der Waals surface area (Å²) in [5, 5.41) is 2.91. The van der Waals surface area contributed by atoms with Gasteiger partial charge in [0.15, 0.2) is 9.84 Å². The van der Waals surface area contributed by atoms with Gasteiger partial charge in [-0.2, -0.15) is 0 Å². The zero-order chi connectivity index (χ0) is 22.7. The first-order valence-electron chi connectivity index (χ1n) is 10.1. The SMILES string of the molecule is COc1ccc2nc(C(C)NC(=O)c3cccc(CS(=O)(=O)c4ccccc4)c3)[nH]c2c1. The van der Waals surface area contributed by atoms with Gasteiger partial charge in [-0.05, 0) is 48.9 Å². The number of sulfone groups is 1. The second-order valence-electron chi connectivity index (χ2n) is 7.47. The van der Waals surface area contributed by atoms with Crippen LogP contribution in [0.5, 0.6) is 5.75 Å². The van der Waals surface area contributed by atoms with Crippen molar-refractivity contribution in [2.75, 3.05) is 7.11 Å². The minimum Gasteiger partial charge on any atom is -0.497 e. The van der Waals surface area contributed by atoms with Crippen LogP contribution in [0.2, 0.25) is 0 Å². The average molecular weight is 450 g/mol. The Morgan fingerprint density at radius 3 is 2.59 bits per heavy atom.